The van der Waals surface area contributed by atoms with Gasteiger partial charge in [-0.05, 0) is 18.2 Å². The third-order valence-electron chi connectivity index (χ3n) is 2.41. The van der Waals surface area contributed by atoms with Gasteiger partial charge in [-0.25, -0.2) is 24.0 Å². The molecule has 9 heteroatoms. The van der Waals surface area contributed by atoms with E-state index in [1.165, 1.54) is 18.3 Å². The number of anilines is 1. The Balaban J connectivity index is 2.18. The summed E-state index contributed by atoms with van der Waals surface area (Å²) < 4.78 is 28.3. The van der Waals surface area contributed by atoms with Crippen LogP contribution in [0.15, 0.2) is 35.5 Å². The molecule has 0 aliphatic heterocycles. The van der Waals surface area contributed by atoms with Crippen LogP contribution in [-0.2, 0) is 23.6 Å². The molecule has 2 heterocycles. The monoisotopic (exact) mass is 282 g/mol. The summed E-state index contributed by atoms with van der Waals surface area (Å²) in [5.74, 6) is 5.33. The van der Waals surface area contributed by atoms with E-state index in [9.17, 15) is 8.42 Å². The van der Waals surface area contributed by atoms with Gasteiger partial charge in [0.2, 0.25) is 10.0 Å². The fourth-order valence-corrected chi connectivity index (χ4v) is 2.64. The predicted molar refractivity (Wildman–Crippen MR) is 69.3 cm³/mol. The Morgan fingerprint density at radius 3 is 2.84 bits per heavy atom. The molecule has 0 amide bonds. The molecule has 19 heavy (non-hydrogen) atoms. The van der Waals surface area contributed by atoms with Gasteiger partial charge in [0.05, 0.1) is 12.2 Å². The number of nitrogens with zero attached hydrogens (tertiary/aromatic N) is 3. The van der Waals surface area contributed by atoms with Crippen molar-refractivity contribution in [3.8, 4) is 0 Å². The van der Waals surface area contributed by atoms with Gasteiger partial charge in [0.1, 0.15) is 4.90 Å². The van der Waals surface area contributed by atoms with Crippen LogP contribution >= 0.6 is 0 Å². The minimum atomic E-state index is -3.70. The SMILES string of the molecule is Cn1ccc(CNS(=O)(=O)c2cccnc2NN)n1. The number of nitrogens with two attached hydrogens (primary N) is 1. The highest BCUT2D eigenvalue weighted by Gasteiger charge is 2.18. The van der Waals surface area contributed by atoms with Crippen molar-refractivity contribution in [2.75, 3.05) is 5.43 Å². The number of hydrazine groups is 1. The number of pyridine rings is 1. The maximum Gasteiger partial charge on any atom is 0.244 e. The normalized spacial score (nSPS) is 11.5. The first-order valence-corrected chi connectivity index (χ1v) is 6.91. The summed E-state index contributed by atoms with van der Waals surface area (Å²) >= 11 is 0. The van der Waals surface area contributed by atoms with Crippen LogP contribution in [0.25, 0.3) is 0 Å². The smallest absolute Gasteiger partial charge is 0.244 e. The van der Waals surface area contributed by atoms with Crippen molar-refractivity contribution < 1.29 is 8.42 Å². The van der Waals surface area contributed by atoms with Crippen LogP contribution in [-0.4, -0.2) is 23.2 Å². The number of hydrogen-bond acceptors (Lipinski definition) is 6. The largest absolute Gasteiger partial charge is 0.307 e. The fourth-order valence-electron chi connectivity index (χ4n) is 1.52. The van der Waals surface area contributed by atoms with E-state index in [0.29, 0.717) is 5.69 Å². The van der Waals surface area contributed by atoms with E-state index in [1.54, 1.807) is 24.0 Å². The summed E-state index contributed by atoms with van der Waals surface area (Å²) in [7, 11) is -1.94. The molecular formula is C10H14N6O2S. The van der Waals surface area contributed by atoms with Crippen molar-refractivity contribution in [3.63, 3.8) is 0 Å². The van der Waals surface area contributed by atoms with Crippen molar-refractivity contribution in [3.05, 3.63) is 36.3 Å². The highest BCUT2D eigenvalue weighted by molar-refractivity contribution is 7.89. The van der Waals surface area contributed by atoms with E-state index < -0.39 is 10.0 Å². The number of rotatable bonds is 5. The summed E-state index contributed by atoms with van der Waals surface area (Å²) in [6, 6.07) is 4.67. The van der Waals surface area contributed by atoms with E-state index >= 15 is 0 Å². The van der Waals surface area contributed by atoms with Crippen LogP contribution in [0.4, 0.5) is 5.82 Å². The molecule has 4 N–H and O–H groups in total. The van der Waals surface area contributed by atoms with Gasteiger partial charge in [0.25, 0.3) is 0 Å². The first kappa shape index (κ1) is 13.5. The second-order valence-electron chi connectivity index (χ2n) is 3.80. The van der Waals surface area contributed by atoms with E-state index in [2.05, 4.69) is 20.2 Å². The average Bonchev–Trinajstić information content (AvgIpc) is 2.82. The zero-order valence-electron chi connectivity index (χ0n) is 10.2. The van der Waals surface area contributed by atoms with Gasteiger partial charge in [0, 0.05) is 19.4 Å². The van der Waals surface area contributed by atoms with Gasteiger partial charge in [-0.15, -0.1) is 0 Å². The topological polar surface area (TPSA) is 115 Å². The zero-order chi connectivity index (χ0) is 13.9. The van der Waals surface area contributed by atoms with E-state index in [4.69, 9.17) is 5.84 Å². The molecule has 2 aromatic rings. The van der Waals surface area contributed by atoms with E-state index in [-0.39, 0.29) is 17.3 Å². The Labute approximate surface area is 110 Å². The molecule has 102 valence electrons. The fraction of sp³-hybridized carbons (Fsp3) is 0.200. The van der Waals surface area contributed by atoms with Crippen molar-refractivity contribution in [1.29, 1.82) is 0 Å². The Bertz CT molecular complexity index is 666. The summed E-state index contributed by atoms with van der Waals surface area (Å²) in [4.78, 5) is 3.84. The van der Waals surface area contributed by atoms with Crippen molar-refractivity contribution in [2.24, 2.45) is 12.9 Å². The van der Waals surface area contributed by atoms with Crippen LogP contribution in [0.5, 0.6) is 0 Å². The molecule has 0 aliphatic rings. The van der Waals surface area contributed by atoms with Crippen LogP contribution < -0.4 is 16.0 Å². The maximum atomic E-state index is 12.1. The zero-order valence-corrected chi connectivity index (χ0v) is 11.1. The lowest BCUT2D eigenvalue weighted by Crippen LogP contribution is -2.25. The quantitative estimate of drug-likeness (QED) is 0.507. The van der Waals surface area contributed by atoms with Gasteiger partial charge >= 0.3 is 0 Å². The minimum Gasteiger partial charge on any atom is -0.307 e. The molecule has 2 rings (SSSR count). The molecule has 0 saturated heterocycles. The first-order valence-electron chi connectivity index (χ1n) is 5.43. The molecule has 0 radical (unpaired) electrons. The summed E-state index contributed by atoms with van der Waals surface area (Å²) in [6.45, 7) is 0.0993. The molecular weight excluding hydrogens is 268 g/mol. The molecule has 2 aromatic heterocycles. The number of nitrogen functional groups attached to an aromatic ring is 1. The summed E-state index contributed by atoms with van der Waals surface area (Å²) in [6.07, 6.45) is 3.19. The standard InChI is InChI=1S/C10H14N6O2S/c1-16-6-4-8(15-16)7-13-19(17,18)9-3-2-5-12-10(9)14-11/h2-6,13H,7,11H2,1H3,(H,12,14). The van der Waals surface area contributed by atoms with Gasteiger partial charge in [0.15, 0.2) is 5.82 Å². The Hall–Kier alpha value is -1.97. The van der Waals surface area contributed by atoms with Gasteiger partial charge < -0.3 is 5.43 Å². The maximum absolute atomic E-state index is 12.1. The number of sulfonamides is 1. The average molecular weight is 282 g/mol. The van der Waals surface area contributed by atoms with Crippen LogP contribution in [0, 0.1) is 0 Å². The lowest BCUT2D eigenvalue weighted by atomic mass is 10.4. The summed E-state index contributed by atoms with van der Waals surface area (Å²) in [5.41, 5.74) is 2.88. The van der Waals surface area contributed by atoms with E-state index in [0.717, 1.165) is 0 Å². The number of nitrogens with one attached hydrogen (secondary N) is 2. The lowest BCUT2D eigenvalue weighted by Gasteiger charge is -2.08. The Morgan fingerprint density at radius 2 is 2.21 bits per heavy atom. The Kier molecular flexibility index (Phi) is 3.79. The molecule has 0 aromatic carbocycles. The third kappa shape index (κ3) is 3.08. The van der Waals surface area contributed by atoms with Gasteiger partial charge in [-0.2, -0.15) is 5.10 Å². The second kappa shape index (κ2) is 5.34. The first-order chi connectivity index (χ1) is 9.03. The van der Waals surface area contributed by atoms with Crippen molar-refractivity contribution >= 4 is 15.8 Å². The van der Waals surface area contributed by atoms with Gasteiger partial charge in [-0.3, -0.25) is 4.68 Å². The van der Waals surface area contributed by atoms with E-state index in [1.807, 2.05) is 0 Å². The molecule has 0 spiro atoms. The lowest BCUT2D eigenvalue weighted by molar-refractivity contribution is 0.579. The van der Waals surface area contributed by atoms with Gasteiger partial charge in [-0.1, -0.05) is 0 Å². The molecule has 0 atom stereocenters. The molecule has 0 saturated carbocycles. The third-order valence-corrected chi connectivity index (χ3v) is 3.84. The molecule has 8 nitrogen and oxygen atoms in total. The highest BCUT2D eigenvalue weighted by atomic mass is 32.2. The van der Waals surface area contributed by atoms with Crippen molar-refractivity contribution in [2.45, 2.75) is 11.4 Å². The predicted octanol–water partition coefficient (Wildman–Crippen LogP) is -0.421. The minimum absolute atomic E-state index is 0.00608. The van der Waals surface area contributed by atoms with Crippen molar-refractivity contribution in [1.82, 2.24) is 19.5 Å². The molecule has 0 fully saturated rings. The molecule has 0 bridgehead atoms. The second-order valence-corrected chi connectivity index (χ2v) is 5.54. The van der Waals surface area contributed by atoms with Crippen LogP contribution in [0.3, 0.4) is 0 Å². The van der Waals surface area contributed by atoms with Crippen LogP contribution in [0.1, 0.15) is 5.69 Å². The van der Waals surface area contributed by atoms with Crippen LogP contribution in [0.2, 0.25) is 0 Å². The molecule has 0 aliphatic carbocycles. The number of aryl methyl sites for hydroxylation is 1. The Morgan fingerprint density at radius 1 is 1.42 bits per heavy atom. The number of aromatic nitrogens is 3. The number of hydrogen-bond donors (Lipinski definition) is 3. The summed E-state index contributed by atoms with van der Waals surface area (Å²) in [5, 5.41) is 4.08. The molecule has 0 unspecified atom stereocenters. The highest BCUT2D eigenvalue weighted by Crippen LogP contribution is 2.16.